The van der Waals surface area contributed by atoms with Gasteiger partial charge in [0, 0.05) is 25.0 Å². The van der Waals surface area contributed by atoms with Crippen molar-refractivity contribution in [2.75, 3.05) is 19.6 Å². The molecule has 20 heavy (non-hydrogen) atoms. The molecule has 2 heterocycles. The first kappa shape index (κ1) is 15.2. The van der Waals surface area contributed by atoms with Crippen LogP contribution in [0.4, 0.5) is 0 Å². The summed E-state index contributed by atoms with van der Waals surface area (Å²) in [6, 6.07) is 2.90. The van der Waals surface area contributed by atoms with Gasteiger partial charge in [0.25, 0.3) is 10.0 Å². The Balaban J connectivity index is 1.98. The fraction of sp³-hybridized carbons (Fsp3) is 0.455. The molecule has 0 amide bonds. The van der Waals surface area contributed by atoms with Crippen molar-refractivity contribution >= 4 is 20.0 Å². The Morgan fingerprint density at radius 3 is 2.80 bits per heavy atom. The first-order valence-electron chi connectivity index (χ1n) is 6.01. The van der Waals surface area contributed by atoms with Crippen LogP contribution in [0.2, 0.25) is 0 Å². The molecule has 1 aromatic rings. The van der Waals surface area contributed by atoms with Crippen molar-refractivity contribution < 1.29 is 21.3 Å². The van der Waals surface area contributed by atoms with Crippen LogP contribution >= 0.6 is 0 Å². The van der Waals surface area contributed by atoms with Crippen LogP contribution in [-0.2, 0) is 20.0 Å². The van der Waals surface area contributed by atoms with Crippen LogP contribution in [0.15, 0.2) is 39.9 Å². The van der Waals surface area contributed by atoms with E-state index in [1.54, 1.807) is 0 Å². The van der Waals surface area contributed by atoms with Gasteiger partial charge in [-0.15, -0.1) is 0 Å². The molecule has 0 bridgehead atoms. The molecule has 0 spiro atoms. The summed E-state index contributed by atoms with van der Waals surface area (Å²) in [5.41, 5.74) is 0. The number of nitrogens with zero attached hydrogens (tertiary/aromatic N) is 1. The molecule has 7 nitrogen and oxygen atoms in total. The molecule has 2 rings (SSSR count). The van der Waals surface area contributed by atoms with Gasteiger partial charge in [0.05, 0.1) is 6.26 Å². The van der Waals surface area contributed by atoms with Crippen LogP contribution in [0, 0.1) is 5.92 Å². The summed E-state index contributed by atoms with van der Waals surface area (Å²) in [6.45, 7) is 4.01. The quantitative estimate of drug-likeness (QED) is 0.816. The van der Waals surface area contributed by atoms with Gasteiger partial charge in [-0.2, -0.15) is 4.31 Å². The molecule has 112 valence electrons. The lowest BCUT2D eigenvalue weighted by Gasteiger charge is -2.14. The first-order valence-corrected chi connectivity index (χ1v) is 8.99. The highest BCUT2D eigenvalue weighted by Crippen LogP contribution is 2.24. The maximum Gasteiger partial charge on any atom is 0.276 e. The number of nitrogens with one attached hydrogen (secondary N) is 1. The highest BCUT2D eigenvalue weighted by Gasteiger charge is 2.34. The maximum absolute atomic E-state index is 12.2. The minimum Gasteiger partial charge on any atom is -0.452 e. The second kappa shape index (κ2) is 5.68. The molecule has 1 aromatic heterocycles. The summed E-state index contributed by atoms with van der Waals surface area (Å²) in [4.78, 5) is 0. The lowest BCUT2D eigenvalue weighted by molar-refractivity contribution is 0.404. The summed E-state index contributed by atoms with van der Waals surface area (Å²) >= 11 is 0. The van der Waals surface area contributed by atoms with Gasteiger partial charge in [-0.25, -0.2) is 21.6 Å². The van der Waals surface area contributed by atoms with Gasteiger partial charge in [0.1, 0.15) is 0 Å². The van der Waals surface area contributed by atoms with E-state index < -0.39 is 20.0 Å². The number of sulfonamides is 2. The first-order chi connectivity index (χ1) is 9.35. The van der Waals surface area contributed by atoms with E-state index in [2.05, 4.69) is 11.3 Å². The van der Waals surface area contributed by atoms with Crippen LogP contribution in [0.1, 0.15) is 6.42 Å². The minimum atomic E-state index is -3.62. The van der Waals surface area contributed by atoms with Crippen molar-refractivity contribution in [1.29, 1.82) is 0 Å². The van der Waals surface area contributed by atoms with Gasteiger partial charge in [-0.3, -0.25) is 0 Å². The van der Waals surface area contributed by atoms with Crippen molar-refractivity contribution in [2.24, 2.45) is 5.92 Å². The van der Waals surface area contributed by atoms with E-state index in [0.29, 0.717) is 13.0 Å². The lowest BCUT2D eigenvalue weighted by Crippen LogP contribution is -2.32. The zero-order valence-corrected chi connectivity index (χ0v) is 12.4. The molecule has 1 atom stereocenters. The predicted molar refractivity (Wildman–Crippen MR) is 72.7 cm³/mol. The van der Waals surface area contributed by atoms with Crippen molar-refractivity contribution in [2.45, 2.75) is 11.5 Å². The predicted octanol–water partition coefficient (Wildman–Crippen LogP) is 0.353. The van der Waals surface area contributed by atoms with Gasteiger partial charge in [-0.05, 0) is 24.5 Å². The smallest absolute Gasteiger partial charge is 0.276 e. The highest BCUT2D eigenvalue weighted by molar-refractivity contribution is 7.92. The Morgan fingerprint density at radius 1 is 1.45 bits per heavy atom. The molecule has 0 aliphatic carbocycles. The van der Waals surface area contributed by atoms with Crippen LogP contribution in [0.3, 0.4) is 0 Å². The monoisotopic (exact) mass is 320 g/mol. The molecule has 0 unspecified atom stereocenters. The van der Waals surface area contributed by atoms with Crippen molar-refractivity contribution in [1.82, 2.24) is 9.03 Å². The summed E-state index contributed by atoms with van der Waals surface area (Å²) in [5.74, 6) is -0.0607. The van der Waals surface area contributed by atoms with E-state index in [0.717, 1.165) is 5.41 Å². The van der Waals surface area contributed by atoms with Gasteiger partial charge >= 0.3 is 0 Å². The molecule has 1 saturated heterocycles. The largest absolute Gasteiger partial charge is 0.452 e. The Labute approximate surface area is 118 Å². The zero-order chi connectivity index (χ0) is 14.8. The third-order valence-electron chi connectivity index (χ3n) is 3.13. The van der Waals surface area contributed by atoms with Crippen LogP contribution in [0.25, 0.3) is 0 Å². The van der Waals surface area contributed by atoms with E-state index in [1.165, 1.54) is 22.7 Å². The lowest BCUT2D eigenvalue weighted by atomic mass is 10.1. The van der Waals surface area contributed by atoms with Crippen LogP contribution in [0.5, 0.6) is 0 Å². The fourth-order valence-corrected chi connectivity index (χ4v) is 4.03. The second-order valence-electron chi connectivity index (χ2n) is 4.51. The molecule has 1 N–H and O–H groups in total. The minimum absolute atomic E-state index is 0.0607. The van der Waals surface area contributed by atoms with Crippen LogP contribution < -0.4 is 4.72 Å². The number of rotatable bonds is 6. The van der Waals surface area contributed by atoms with Crippen molar-refractivity contribution in [3.8, 4) is 0 Å². The van der Waals surface area contributed by atoms with Crippen LogP contribution in [-0.4, -0.2) is 40.8 Å². The SMILES string of the molecule is C=CS(=O)(=O)NC[C@H]1CCN(S(=O)(=O)c2ccco2)C1. The van der Waals surface area contributed by atoms with E-state index in [4.69, 9.17) is 4.42 Å². The van der Waals surface area contributed by atoms with Crippen molar-refractivity contribution in [3.05, 3.63) is 30.4 Å². The Hall–Kier alpha value is -1.16. The topological polar surface area (TPSA) is 96.7 Å². The van der Waals surface area contributed by atoms with Gasteiger partial charge < -0.3 is 4.42 Å². The van der Waals surface area contributed by atoms with E-state index in [1.807, 2.05) is 0 Å². The van der Waals surface area contributed by atoms with Gasteiger partial charge in [0.15, 0.2) is 0 Å². The average Bonchev–Trinajstić information content (AvgIpc) is 3.08. The Morgan fingerprint density at radius 2 is 2.20 bits per heavy atom. The van der Waals surface area contributed by atoms with Gasteiger partial charge in [-0.1, -0.05) is 6.58 Å². The molecule has 0 radical (unpaired) electrons. The molecule has 1 aliphatic rings. The molecule has 0 aromatic carbocycles. The standard InChI is InChI=1S/C11H16N2O5S2/c1-2-19(14,15)12-8-10-5-6-13(9-10)20(16,17)11-4-3-7-18-11/h2-4,7,10,12H,1,5-6,8-9H2/t10-/m1/s1. The number of hydrogen-bond acceptors (Lipinski definition) is 5. The molecule has 1 fully saturated rings. The van der Waals surface area contributed by atoms with Crippen molar-refractivity contribution in [3.63, 3.8) is 0 Å². The summed E-state index contributed by atoms with van der Waals surface area (Å²) in [7, 11) is -7.09. The molecule has 1 aliphatic heterocycles. The summed E-state index contributed by atoms with van der Waals surface area (Å²) in [6.07, 6.45) is 1.90. The second-order valence-corrected chi connectivity index (χ2v) is 8.09. The third kappa shape index (κ3) is 3.29. The van der Waals surface area contributed by atoms with Gasteiger partial charge in [0.2, 0.25) is 15.1 Å². The maximum atomic E-state index is 12.2. The molecular weight excluding hydrogens is 304 g/mol. The zero-order valence-electron chi connectivity index (χ0n) is 10.7. The normalized spacial score (nSPS) is 21.1. The van der Waals surface area contributed by atoms with E-state index >= 15 is 0 Å². The molecule has 9 heteroatoms. The Kier molecular flexibility index (Phi) is 4.33. The molecular formula is C11H16N2O5S2. The third-order valence-corrected chi connectivity index (χ3v) is 5.89. The van der Waals surface area contributed by atoms with E-state index in [-0.39, 0.29) is 24.1 Å². The highest BCUT2D eigenvalue weighted by atomic mass is 32.2. The summed E-state index contributed by atoms with van der Waals surface area (Å²) < 4.78 is 55.4. The Bertz CT molecular complexity index is 664. The molecule has 0 saturated carbocycles. The number of hydrogen-bond donors (Lipinski definition) is 1. The fourth-order valence-electron chi connectivity index (χ4n) is 2.01. The average molecular weight is 320 g/mol. The van der Waals surface area contributed by atoms with E-state index in [9.17, 15) is 16.8 Å². The summed E-state index contributed by atoms with van der Waals surface area (Å²) in [5, 5.41) is 0.740. The number of furan rings is 1.